The molecule has 7 heteroatoms. The Morgan fingerprint density at radius 3 is 2.23 bits per heavy atom. The monoisotopic (exact) mass is 428 g/mol. The fourth-order valence-electron chi connectivity index (χ4n) is 4.66. The van der Waals surface area contributed by atoms with Crippen molar-refractivity contribution < 1.29 is 8.42 Å². The van der Waals surface area contributed by atoms with Gasteiger partial charge in [-0.2, -0.15) is 0 Å². The molecule has 2 aliphatic rings. The molecule has 2 heterocycles. The Balaban J connectivity index is 1.32. The summed E-state index contributed by atoms with van der Waals surface area (Å²) in [5.74, 6) is 2.14. The average Bonchev–Trinajstić information content (AvgIpc) is 3.25. The molecule has 1 aromatic carbocycles. The van der Waals surface area contributed by atoms with Crippen LogP contribution in [0.2, 0.25) is 0 Å². The lowest BCUT2D eigenvalue weighted by atomic mass is 9.92. The van der Waals surface area contributed by atoms with Crippen LogP contribution in [0, 0.1) is 17.3 Å². The molecular formula is C23H32N4O2S. The fraction of sp³-hybridized carbons (Fsp3) is 0.565. The van der Waals surface area contributed by atoms with Gasteiger partial charge in [-0.15, -0.1) is 10.2 Å². The lowest BCUT2D eigenvalue weighted by Crippen LogP contribution is -2.28. The third-order valence-electron chi connectivity index (χ3n) is 6.33. The minimum Gasteiger partial charge on any atom is -0.366 e. The summed E-state index contributed by atoms with van der Waals surface area (Å²) in [5.41, 5.74) is 0.389. The number of nitrogens with zero attached hydrogens (tertiary/aromatic N) is 3. The van der Waals surface area contributed by atoms with E-state index in [1.54, 1.807) is 42.5 Å². The van der Waals surface area contributed by atoms with Crippen molar-refractivity contribution in [3.8, 4) is 0 Å². The summed E-state index contributed by atoms with van der Waals surface area (Å²) in [4.78, 5) is 2.86. The summed E-state index contributed by atoms with van der Waals surface area (Å²) < 4.78 is 25.3. The second-order valence-electron chi connectivity index (χ2n) is 9.98. The molecule has 6 nitrogen and oxygen atoms in total. The molecule has 1 aliphatic carbocycles. The van der Waals surface area contributed by atoms with Crippen molar-refractivity contribution in [3.63, 3.8) is 0 Å². The van der Waals surface area contributed by atoms with Gasteiger partial charge in [0.1, 0.15) is 5.82 Å². The lowest BCUT2D eigenvalue weighted by molar-refractivity contribution is 0.250. The first-order valence-electron chi connectivity index (χ1n) is 10.8. The van der Waals surface area contributed by atoms with Crippen molar-refractivity contribution in [3.05, 3.63) is 42.5 Å². The Labute approximate surface area is 180 Å². The van der Waals surface area contributed by atoms with Crippen molar-refractivity contribution in [1.82, 2.24) is 15.1 Å². The quantitative estimate of drug-likeness (QED) is 0.753. The highest BCUT2D eigenvalue weighted by atomic mass is 32.2. The Morgan fingerprint density at radius 2 is 1.67 bits per heavy atom. The SMILES string of the molecule is CC(C)(C)CCN1CC2CC(Nc3ccc(S(=O)(=O)c4ccccc4)nn3)C[C@@H]2C1. The highest BCUT2D eigenvalue weighted by Crippen LogP contribution is 2.39. The molecule has 0 amide bonds. The third kappa shape index (κ3) is 4.83. The van der Waals surface area contributed by atoms with Crippen molar-refractivity contribution in [2.24, 2.45) is 17.3 Å². The normalized spacial score (nSPS) is 24.7. The summed E-state index contributed by atoms with van der Waals surface area (Å²) >= 11 is 0. The Kier molecular flexibility index (Phi) is 5.86. The minimum absolute atomic E-state index is 0.0166. The number of rotatable bonds is 6. The summed E-state index contributed by atoms with van der Waals surface area (Å²) in [6.45, 7) is 10.5. The number of sulfone groups is 1. The zero-order valence-corrected chi connectivity index (χ0v) is 18.9. The molecule has 0 bridgehead atoms. The molecule has 0 spiro atoms. The van der Waals surface area contributed by atoms with Crippen molar-refractivity contribution >= 4 is 15.7 Å². The lowest BCUT2D eigenvalue weighted by Gasteiger charge is -2.24. The van der Waals surface area contributed by atoms with Gasteiger partial charge in [0.25, 0.3) is 0 Å². The van der Waals surface area contributed by atoms with Crippen LogP contribution in [0.4, 0.5) is 5.82 Å². The Bertz CT molecular complexity index is 941. The number of nitrogens with one attached hydrogen (secondary N) is 1. The van der Waals surface area contributed by atoms with Crippen molar-refractivity contribution in [2.75, 3.05) is 25.0 Å². The smallest absolute Gasteiger partial charge is 0.225 e. The average molecular weight is 429 g/mol. The molecule has 2 aromatic rings. The van der Waals surface area contributed by atoms with E-state index >= 15 is 0 Å². The number of fused-ring (bicyclic) bond motifs is 1. The van der Waals surface area contributed by atoms with Crippen LogP contribution in [0.3, 0.4) is 0 Å². The van der Waals surface area contributed by atoms with Crippen LogP contribution in [0.15, 0.2) is 52.4 Å². The van der Waals surface area contributed by atoms with E-state index in [9.17, 15) is 8.42 Å². The molecule has 1 aromatic heterocycles. The number of benzene rings is 1. The molecule has 162 valence electrons. The molecule has 1 N–H and O–H groups in total. The van der Waals surface area contributed by atoms with Crippen molar-refractivity contribution in [1.29, 1.82) is 0 Å². The summed E-state index contributed by atoms with van der Waals surface area (Å²) in [6.07, 6.45) is 3.52. The maximum atomic E-state index is 12.6. The van der Waals surface area contributed by atoms with E-state index in [2.05, 4.69) is 41.2 Å². The molecule has 2 unspecified atom stereocenters. The van der Waals surface area contributed by atoms with E-state index in [0.717, 1.165) is 24.7 Å². The van der Waals surface area contributed by atoms with E-state index in [1.165, 1.54) is 26.1 Å². The minimum atomic E-state index is -3.62. The van der Waals surface area contributed by atoms with Crippen LogP contribution >= 0.6 is 0 Å². The van der Waals surface area contributed by atoms with Crippen LogP contribution in [0.1, 0.15) is 40.0 Å². The van der Waals surface area contributed by atoms with Gasteiger partial charge in [0.15, 0.2) is 5.03 Å². The van der Waals surface area contributed by atoms with Crippen LogP contribution in [0.25, 0.3) is 0 Å². The van der Waals surface area contributed by atoms with E-state index in [1.807, 2.05) is 0 Å². The number of hydrogen-bond acceptors (Lipinski definition) is 6. The summed E-state index contributed by atoms with van der Waals surface area (Å²) in [6, 6.07) is 12.0. The van der Waals surface area contributed by atoms with E-state index < -0.39 is 9.84 Å². The third-order valence-corrected chi connectivity index (χ3v) is 7.99. The van der Waals surface area contributed by atoms with Gasteiger partial charge < -0.3 is 10.2 Å². The summed E-state index contributed by atoms with van der Waals surface area (Å²) in [7, 11) is -3.62. The zero-order valence-electron chi connectivity index (χ0n) is 18.1. The molecular weight excluding hydrogens is 396 g/mol. The molecule has 1 saturated carbocycles. The standard InChI is InChI=1S/C23H32N4O2S/c1-23(2,3)11-12-27-15-17-13-19(14-18(17)16-27)24-21-9-10-22(26-25-21)30(28,29)20-7-5-4-6-8-20/h4-10,17-19H,11-16H2,1-3H3,(H,24,25)/t17-,18?,19?/m1/s1. The highest BCUT2D eigenvalue weighted by Gasteiger charge is 2.40. The van der Waals surface area contributed by atoms with Crippen LogP contribution < -0.4 is 5.32 Å². The second-order valence-corrected chi connectivity index (χ2v) is 11.9. The fourth-order valence-corrected chi connectivity index (χ4v) is 5.81. The van der Waals surface area contributed by atoms with Gasteiger partial charge in [-0.1, -0.05) is 39.0 Å². The second kappa shape index (κ2) is 8.27. The maximum Gasteiger partial charge on any atom is 0.225 e. The van der Waals surface area contributed by atoms with Gasteiger partial charge in [0.2, 0.25) is 9.84 Å². The number of aromatic nitrogens is 2. The molecule has 0 radical (unpaired) electrons. The predicted octanol–water partition coefficient (Wildman–Crippen LogP) is 3.87. The molecule has 3 atom stereocenters. The first-order chi connectivity index (χ1) is 14.2. The van der Waals surface area contributed by atoms with Gasteiger partial charge in [-0.25, -0.2) is 8.42 Å². The van der Waals surface area contributed by atoms with Gasteiger partial charge in [-0.3, -0.25) is 0 Å². The van der Waals surface area contributed by atoms with E-state index in [-0.39, 0.29) is 9.92 Å². The molecule has 4 rings (SSSR count). The summed E-state index contributed by atoms with van der Waals surface area (Å²) in [5, 5.41) is 11.6. The van der Waals surface area contributed by atoms with Gasteiger partial charge in [0.05, 0.1) is 4.90 Å². The number of likely N-dealkylation sites (tertiary alicyclic amines) is 1. The van der Waals surface area contributed by atoms with Crippen LogP contribution in [-0.4, -0.2) is 49.2 Å². The zero-order chi connectivity index (χ0) is 21.4. The maximum absolute atomic E-state index is 12.6. The van der Waals surface area contributed by atoms with E-state index in [0.29, 0.717) is 17.3 Å². The highest BCUT2D eigenvalue weighted by molar-refractivity contribution is 7.91. The van der Waals surface area contributed by atoms with Gasteiger partial charge in [0, 0.05) is 19.1 Å². The Morgan fingerprint density at radius 1 is 1.00 bits per heavy atom. The topological polar surface area (TPSA) is 75.2 Å². The molecule has 1 saturated heterocycles. The molecule has 30 heavy (non-hydrogen) atoms. The number of anilines is 1. The van der Waals surface area contributed by atoms with Crippen LogP contribution in [0.5, 0.6) is 0 Å². The van der Waals surface area contributed by atoms with Crippen molar-refractivity contribution in [2.45, 2.75) is 56.0 Å². The van der Waals surface area contributed by atoms with E-state index in [4.69, 9.17) is 0 Å². The van der Waals surface area contributed by atoms with Gasteiger partial charge in [-0.05, 0) is 67.3 Å². The first-order valence-corrected chi connectivity index (χ1v) is 12.3. The Hall–Kier alpha value is -1.99. The number of hydrogen-bond donors (Lipinski definition) is 1. The van der Waals surface area contributed by atoms with Crippen LogP contribution in [-0.2, 0) is 9.84 Å². The molecule has 1 aliphatic heterocycles. The molecule has 2 fully saturated rings. The largest absolute Gasteiger partial charge is 0.366 e. The predicted molar refractivity (Wildman–Crippen MR) is 118 cm³/mol. The first kappa shape index (κ1) is 21.2. The van der Waals surface area contributed by atoms with Gasteiger partial charge >= 0.3 is 0 Å².